The Labute approximate surface area is 123 Å². The molecule has 0 heterocycles. The molecule has 2 N–H and O–H groups in total. The Hall–Kier alpha value is -1.18. The van der Waals surface area contributed by atoms with E-state index in [9.17, 15) is 5.11 Å². The maximum atomic E-state index is 9.78. The number of anilines is 1. The Balaban J connectivity index is 2.20. The van der Waals surface area contributed by atoms with Crippen LogP contribution >= 0.6 is 0 Å². The second-order valence-electron chi connectivity index (χ2n) is 7.03. The quantitative estimate of drug-likeness (QED) is 0.770. The van der Waals surface area contributed by atoms with Crippen LogP contribution in [0.1, 0.15) is 51.2 Å². The third-order valence-corrected chi connectivity index (χ3v) is 4.91. The van der Waals surface area contributed by atoms with Gasteiger partial charge in [-0.2, -0.15) is 0 Å². The Morgan fingerprint density at radius 2 is 1.85 bits per heavy atom. The topological polar surface area (TPSA) is 32.3 Å². The maximum Gasteiger partial charge on any atom is 0.118 e. The minimum atomic E-state index is 0.394. The number of hydrogen-bond donors (Lipinski definition) is 2. The lowest BCUT2D eigenvalue weighted by molar-refractivity contribution is 0.212. The van der Waals surface area contributed by atoms with Crippen LogP contribution in [0.2, 0.25) is 0 Å². The summed E-state index contributed by atoms with van der Waals surface area (Å²) in [5.41, 5.74) is 3.27. The molecule has 0 saturated heterocycles. The van der Waals surface area contributed by atoms with E-state index in [1.807, 2.05) is 13.0 Å². The minimum Gasteiger partial charge on any atom is -0.508 e. The number of nitrogens with one attached hydrogen (secondary N) is 1. The van der Waals surface area contributed by atoms with Gasteiger partial charge in [0.05, 0.1) is 0 Å². The first kappa shape index (κ1) is 15.2. The Morgan fingerprint density at radius 3 is 2.50 bits per heavy atom. The molecule has 0 bridgehead atoms. The maximum absolute atomic E-state index is 9.78. The molecule has 1 aromatic carbocycles. The van der Waals surface area contributed by atoms with Gasteiger partial charge in [-0.25, -0.2) is 0 Å². The molecule has 2 rings (SSSR count). The van der Waals surface area contributed by atoms with Crippen molar-refractivity contribution in [2.24, 2.45) is 17.8 Å². The summed E-state index contributed by atoms with van der Waals surface area (Å²) in [5, 5.41) is 13.6. The largest absolute Gasteiger partial charge is 0.508 e. The normalized spacial score (nSPS) is 26.8. The monoisotopic (exact) mass is 275 g/mol. The van der Waals surface area contributed by atoms with Crippen LogP contribution in [0.4, 0.5) is 5.69 Å². The fraction of sp³-hybridized carbons (Fsp3) is 0.667. The molecule has 0 aromatic heterocycles. The van der Waals surface area contributed by atoms with Crippen LogP contribution < -0.4 is 5.32 Å². The molecular weight excluding hydrogens is 246 g/mol. The number of aromatic hydroxyl groups is 1. The molecule has 0 radical (unpaired) electrons. The summed E-state index contributed by atoms with van der Waals surface area (Å²) >= 11 is 0. The number of rotatable bonds is 3. The van der Waals surface area contributed by atoms with Crippen LogP contribution in [0.3, 0.4) is 0 Å². The van der Waals surface area contributed by atoms with Gasteiger partial charge >= 0.3 is 0 Å². The van der Waals surface area contributed by atoms with E-state index in [2.05, 4.69) is 39.1 Å². The number of hydrogen-bond acceptors (Lipinski definition) is 2. The highest BCUT2D eigenvalue weighted by Crippen LogP contribution is 2.36. The summed E-state index contributed by atoms with van der Waals surface area (Å²) < 4.78 is 0. The van der Waals surface area contributed by atoms with Crippen LogP contribution in [0.25, 0.3) is 0 Å². The predicted molar refractivity (Wildman–Crippen MR) is 86.3 cm³/mol. The highest BCUT2D eigenvalue weighted by atomic mass is 16.3. The Bertz CT molecular complexity index is 467. The molecule has 0 amide bonds. The number of aryl methyl sites for hydroxylation is 2. The minimum absolute atomic E-state index is 0.394. The first-order valence-electron chi connectivity index (χ1n) is 7.95. The van der Waals surface area contributed by atoms with Gasteiger partial charge in [-0.1, -0.05) is 27.2 Å². The van der Waals surface area contributed by atoms with Crippen molar-refractivity contribution in [2.75, 3.05) is 5.32 Å². The van der Waals surface area contributed by atoms with Crippen LogP contribution in [-0.2, 0) is 0 Å². The third kappa shape index (κ3) is 3.28. The van der Waals surface area contributed by atoms with E-state index in [-0.39, 0.29) is 0 Å². The highest BCUT2D eigenvalue weighted by Gasteiger charge is 2.30. The van der Waals surface area contributed by atoms with Crippen molar-refractivity contribution in [3.63, 3.8) is 0 Å². The van der Waals surface area contributed by atoms with Crippen molar-refractivity contribution in [1.82, 2.24) is 0 Å². The zero-order chi connectivity index (χ0) is 14.9. The number of benzene rings is 1. The van der Waals surface area contributed by atoms with Crippen LogP contribution in [0, 0.1) is 31.6 Å². The van der Waals surface area contributed by atoms with Gasteiger partial charge in [-0.05, 0) is 67.7 Å². The van der Waals surface area contributed by atoms with Crippen molar-refractivity contribution in [3.05, 3.63) is 23.3 Å². The third-order valence-electron chi connectivity index (χ3n) is 4.91. The first-order valence-corrected chi connectivity index (χ1v) is 7.95. The summed E-state index contributed by atoms with van der Waals surface area (Å²) in [7, 11) is 0. The van der Waals surface area contributed by atoms with Gasteiger partial charge in [0, 0.05) is 11.7 Å². The summed E-state index contributed by atoms with van der Waals surface area (Å²) in [4.78, 5) is 0. The summed E-state index contributed by atoms with van der Waals surface area (Å²) in [6.07, 6.45) is 3.93. The average Bonchev–Trinajstić information content (AvgIpc) is 2.35. The van der Waals surface area contributed by atoms with Gasteiger partial charge in [-0.3, -0.25) is 0 Å². The van der Waals surface area contributed by atoms with Gasteiger partial charge in [0.2, 0.25) is 0 Å². The molecule has 0 aliphatic heterocycles. The molecule has 3 atom stereocenters. The molecule has 20 heavy (non-hydrogen) atoms. The summed E-state index contributed by atoms with van der Waals surface area (Å²) in [5.74, 6) is 2.67. The Morgan fingerprint density at radius 1 is 1.15 bits per heavy atom. The van der Waals surface area contributed by atoms with E-state index in [1.165, 1.54) is 24.9 Å². The predicted octanol–water partition coefficient (Wildman–Crippen LogP) is 4.88. The molecule has 1 aliphatic rings. The van der Waals surface area contributed by atoms with Crippen molar-refractivity contribution in [3.8, 4) is 5.75 Å². The number of phenolic OH excluding ortho intramolecular Hbond substituents is 1. The first-order chi connectivity index (χ1) is 9.38. The lowest BCUT2D eigenvalue weighted by Crippen LogP contribution is -2.38. The molecule has 1 aliphatic carbocycles. The van der Waals surface area contributed by atoms with Crippen LogP contribution in [0.15, 0.2) is 12.1 Å². The molecule has 3 unspecified atom stereocenters. The van der Waals surface area contributed by atoms with E-state index in [4.69, 9.17) is 0 Å². The molecular formula is C18H29NO. The van der Waals surface area contributed by atoms with Gasteiger partial charge in [-0.15, -0.1) is 0 Å². The van der Waals surface area contributed by atoms with E-state index in [0.29, 0.717) is 11.8 Å². The van der Waals surface area contributed by atoms with Crippen molar-refractivity contribution in [1.29, 1.82) is 0 Å². The highest BCUT2D eigenvalue weighted by molar-refractivity contribution is 5.57. The molecule has 0 spiro atoms. The van der Waals surface area contributed by atoms with E-state index < -0.39 is 0 Å². The van der Waals surface area contributed by atoms with Crippen molar-refractivity contribution in [2.45, 2.75) is 59.9 Å². The number of phenols is 1. The second-order valence-corrected chi connectivity index (χ2v) is 7.03. The zero-order valence-corrected chi connectivity index (χ0v) is 13.5. The fourth-order valence-electron chi connectivity index (χ4n) is 3.52. The molecule has 1 fully saturated rings. The van der Waals surface area contributed by atoms with Crippen molar-refractivity contribution >= 4 is 5.69 Å². The second kappa shape index (κ2) is 6.07. The Kier molecular flexibility index (Phi) is 4.62. The fourth-order valence-corrected chi connectivity index (χ4v) is 3.52. The van der Waals surface area contributed by atoms with Gasteiger partial charge in [0.15, 0.2) is 0 Å². The molecule has 2 heteroatoms. The SMILES string of the molecule is Cc1cc(NC2CC(C)CCC2C(C)C)c(C)cc1O. The standard InChI is InChI=1S/C18H29NO/c1-11(2)15-7-6-12(3)8-17(15)19-16-9-14(5)18(20)10-13(16)4/h9-12,15,17,19-20H,6-8H2,1-5H3. The van der Waals surface area contributed by atoms with Crippen LogP contribution in [0.5, 0.6) is 5.75 Å². The average molecular weight is 275 g/mol. The van der Waals surface area contributed by atoms with Crippen molar-refractivity contribution < 1.29 is 5.11 Å². The van der Waals surface area contributed by atoms with Crippen LogP contribution in [-0.4, -0.2) is 11.1 Å². The van der Waals surface area contributed by atoms with Gasteiger partial charge < -0.3 is 10.4 Å². The smallest absolute Gasteiger partial charge is 0.118 e. The van der Waals surface area contributed by atoms with Gasteiger partial charge in [0.25, 0.3) is 0 Å². The van der Waals surface area contributed by atoms with Gasteiger partial charge in [0.1, 0.15) is 5.75 Å². The molecule has 1 aromatic rings. The lowest BCUT2D eigenvalue weighted by Gasteiger charge is -2.38. The molecule has 1 saturated carbocycles. The van der Waals surface area contributed by atoms with E-state index in [1.54, 1.807) is 0 Å². The summed E-state index contributed by atoms with van der Waals surface area (Å²) in [6.45, 7) is 11.1. The van der Waals surface area contributed by atoms with E-state index >= 15 is 0 Å². The lowest BCUT2D eigenvalue weighted by atomic mass is 9.74. The summed E-state index contributed by atoms with van der Waals surface area (Å²) in [6, 6.07) is 4.51. The zero-order valence-electron chi connectivity index (χ0n) is 13.5. The molecule has 112 valence electrons. The van der Waals surface area contributed by atoms with E-state index in [0.717, 1.165) is 28.9 Å². The molecule has 2 nitrogen and oxygen atoms in total.